The Bertz CT molecular complexity index is 563. The molecule has 2 aliphatic rings. The molecule has 0 radical (unpaired) electrons. The standard InChI is InChI=1S/C13H14N4O7/c18-5(1-3-6-8(19)14-12(23)15-9(6)20)2-4-7-10(21)16-13(24)17-11(7)22/h6-7H,1-4H2,(H2,14,15,19,20,23)(H2,16,17,21,22,24). The Labute approximate surface area is 134 Å². The molecule has 0 aromatic carbocycles. The number of urea groups is 2. The van der Waals surface area contributed by atoms with Crippen molar-refractivity contribution in [3.8, 4) is 0 Å². The summed E-state index contributed by atoms with van der Waals surface area (Å²) >= 11 is 0. The van der Waals surface area contributed by atoms with Crippen molar-refractivity contribution in [3.05, 3.63) is 0 Å². The maximum atomic E-state index is 11.8. The van der Waals surface area contributed by atoms with Crippen molar-refractivity contribution in [2.24, 2.45) is 11.8 Å². The van der Waals surface area contributed by atoms with E-state index in [1.807, 2.05) is 21.3 Å². The summed E-state index contributed by atoms with van der Waals surface area (Å²) in [6, 6.07) is -1.81. The monoisotopic (exact) mass is 338 g/mol. The second kappa shape index (κ2) is 6.98. The largest absolute Gasteiger partial charge is 0.328 e. The van der Waals surface area contributed by atoms with Crippen molar-refractivity contribution in [2.45, 2.75) is 25.7 Å². The van der Waals surface area contributed by atoms with Crippen molar-refractivity contribution < 1.29 is 33.6 Å². The average Bonchev–Trinajstić information content (AvgIpc) is 2.44. The molecule has 24 heavy (non-hydrogen) atoms. The number of ketones is 1. The molecule has 11 nitrogen and oxygen atoms in total. The fourth-order valence-electron chi connectivity index (χ4n) is 2.36. The van der Waals surface area contributed by atoms with Crippen LogP contribution >= 0.6 is 0 Å². The molecule has 4 N–H and O–H groups in total. The Hall–Kier alpha value is -3.11. The van der Waals surface area contributed by atoms with E-state index in [2.05, 4.69) is 0 Å². The summed E-state index contributed by atoms with van der Waals surface area (Å²) in [5.74, 6) is -5.76. The predicted molar refractivity (Wildman–Crippen MR) is 73.8 cm³/mol. The number of Topliss-reactive ketones (excluding diaryl/α,β-unsaturated/α-hetero) is 1. The number of carbonyl (C=O) groups is 7. The predicted octanol–water partition coefficient (Wildman–Crippen LogP) is -1.92. The molecule has 0 saturated carbocycles. The molecule has 11 heteroatoms. The highest BCUT2D eigenvalue weighted by Gasteiger charge is 2.35. The first-order valence-electron chi connectivity index (χ1n) is 7.11. The Kier molecular flexibility index (Phi) is 5.02. The number of imide groups is 4. The van der Waals surface area contributed by atoms with Gasteiger partial charge in [0.2, 0.25) is 23.6 Å². The number of rotatable bonds is 6. The molecule has 2 heterocycles. The normalized spacial score (nSPS) is 19.5. The molecule has 0 aliphatic carbocycles. The Balaban J connectivity index is 1.79. The van der Waals surface area contributed by atoms with Gasteiger partial charge in [0.1, 0.15) is 17.6 Å². The number of carbonyl (C=O) groups excluding carboxylic acids is 7. The van der Waals surface area contributed by atoms with Gasteiger partial charge in [-0.05, 0) is 12.8 Å². The Morgan fingerprint density at radius 1 is 0.625 bits per heavy atom. The first-order valence-corrected chi connectivity index (χ1v) is 7.11. The Morgan fingerprint density at radius 2 is 0.917 bits per heavy atom. The molecule has 0 spiro atoms. The second-order valence-electron chi connectivity index (χ2n) is 5.34. The van der Waals surface area contributed by atoms with Crippen LogP contribution in [0.1, 0.15) is 25.7 Å². The molecule has 2 rings (SSSR count). The molecule has 0 aromatic rings. The number of barbiturate groups is 2. The van der Waals surface area contributed by atoms with E-state index in [0.29, 0.717) is 0 Å². The quantitative estimate of drug-likeness (QED) is 0.409. The minimum absolute atomic E-state index is 0.0919. The van der Waals surface area contributed by atoms with Gasteiger partial charge in [0.15, 0.2) is 0 Å². The average molecular weight is 338 g/mol. The van der Waals surface area contributed by atoms with Gasteiger partial charge in [-0.1, -0.05) is 0 Å². The molecule has 2 aliphatic heterocycles. The van der Waals surface area contributed by atoms with Crippen LogP contribution in [-0.4, -0.2) is 41.5 Å². The van der Waals surface area contributed by atoms with E-state index in [1.165, 1.54) is 0 Å². The van der Waals surface area contributed by atoms with Crippen LogP contribution in [0.25, 0.3) is 0 Å². The molecule has 0 unspecified atom stereocenters. The van der Waals surface area contributed by atoms with Crippen LogP contribution in [0.5, 0.6) is 0 Å². The van der Waals surface area contributed by atoms with E-state index >= 15 is 0 Å². The van der Waals surface area contributed by atoms with Gasteiger partial charge in [-0.25, -0.2) is 9.59 Å². The van der Waals surface area contributed by atoms with Crippen LogP contribution < -0.4 is 21.3 Å². The smallest absolute Gasteiger partial charge is 0.300 e. The fraction of sp³-hybridized carbons (Fsp3) is 0.462. The topological polar surface area (TPSA) is 168 Å². The summed E-state index contributed by atoms with van der Waals surface area (Å²) < 4.78 is 0. The summed E-state index contributed by atoms with van der Waals surface area (Å²) in [4.78, 5) is 79.7. The number of hydrogen-bond donors (Lipinski definition) is 4. The highest BCUT2D eigenvalue weighted by molar-refractivity contribution is 6.17. The lowest BCUT2D eigenvalue weighted by molar-refractivity contribution is -0.137. The number of nitrogens with one attached hydrogen (secondary N) is 4. The van der Waals surface area contributed by atoms with Crippen LogP contribution in [-0.2, 0) is 24.0 Å². The van der Waals surface area contributed by atoms with Crippen molar-refractivity contribution in [1.82, 2.24) is 21.3 Å². The van der Waals surface area contributed by atoms with Gasteiger partial charge in [0.05, 0.1) is 0 Å². The minimum atomic E-state index is -1.15. The third-order valence-electron chi connectivity index (χ3n) is 3.64. The molecular weight excluding hydrogens is 324 g/mol. The van der Waals surface area contributed by atoms with Gasteiger partial charge in [-0.3, -0.25) is 45.2 Å². The van der Waals surface area contributed by atoms with Crippen LogP contribution in [0.3, 0.4) is 0 Å². The molecule has 0 atom stereocenters. The highest BCUT2D eigenvalue weighted by Crippen LogP contribution is 2.15. The summed E-state index contributed by atoms with van der Waals surface area (Å²) in [5, 5.41) is 7.70. The maximum absolute atomic E-state index is 11.8. The summed E-state index contributed by atoms with van der Waals surface area (Å²) in [6.07, 6.45) is -0.445. The summed E-state index contributed by atoms with van der Waals surface area (Å²) in [6.45, 7) is 0. The maximum Gasteiger partial charge on any atom is 0.328 e. The second-order valence-corrected chi connectivity index (χ2v) is 5.34. The van der Waals surface area contributed by atoms with Gasteiger partial charge in [-0.15, -0.1) is 0 Å². The molecule has 2 fully saturated rings. The van der Waals surface area contributed by atoms with E-state index in [1.54, 1.807) is 0 Å². The van der Waals surface area contributed by atoms with Crippen molar-refractivity contribution in [1.29, 1.82) is 0 Å². The molecule has 8 amide bonds. The van der Waals surface area contributed by atoms with E-state index in [0.717, 1.165) is 0 Å². The fourth-order valence-corrected chi connectivity index (χ4v) is 2.36. The third-order valence-corrected chi connectivity index (χ3v) is 3.64. The minimum Gasteiger partial charge on any atom is -0.300 e. The van der Waals surface area contributed by atoms with Crippen LogP contribution in [0, 0.1) is 11.8 Å². The zero-order valence-corrected chi connectivity index (χ0v) is 12.3. The molecule has 128 valence electrons. The van der Waals surface area contributed by atoms with Gasteiger partial charge in [0, 0.05) is 12.8 Å². The van der Waals surface area contributed by atoms with Gasteiger partial charge < -0.3 is 0 Å². The highest BCUT2D eigenvalue weighted by atomic mass is 16.2. The zero-order chi connectivity index (χ0) is 17.9. The van der Waals surface area contributed by atoms with Gasteiger partial charge in [-0.2, -0.15) is 0 Å². The third kappa shape index (κ3) is 4.00. The van der Waals surface area contributed by atoms with Crippen LogP contribution in [0.4, 0.5) is 9.59 Å². The molecule has 0 bridgehead atoms. The first kappa shape index (κ1) is 17.2. The van der Waals surface area contributed by atoms with Crippen molar-refractivity contribution >= 4 is 41.5 Å². The molecule has 2 saturated heterocycles. The molecule has 0 aromatic heterocycles. The lowest BCUT2D eigenvalue weighted by atomic mass is 9.94. The summed E-state index contributed by atoms with van der Waals surface area (Å²) in [5.41, 5.74) is 0. The van der Waals surface area contributed by atoms with Crippen molar-refractivity contribution in [2.75, 3.05) is 0 Å². The zero-order valence-electron chi connectivity index (χ0n) is 12.3. The summed E-state index contributed by atoms with van der Waals surface area (Å²) in [7, 11) is 0. The van der Waals surface area contributed by atoms with Gasteiger partial charge in [0.25, 0.3) is 0 Å². The van der Waals surface area contributed by atoms with Crippen molar-refractivity contribution in [3.63, 3.8) is 0 Å². The lowest BCUT2D eigenvalue weighted by Gasteiger charge is -2.21. The first-order chi connectivity index (χ1) is 11.3. The van der Waals surface area contributed by atoms with E-state index in [-0.39, 0.29) is 31.5 Å². The number of amides is 8. The van der Waals surface area contributed by atoms with E-state index in [9.17, 15) is 33.6 Å². The van der Waals surface area contributed by atoms with E-state index in [4.69, 9.17) is 0 Å². The van der Waals surface area contributed by atoms with E-state index < -0.39 is 47.5 Å². The van der Waals surface area contributed by atoms with Crippen LogP contribution in [0.15, 0.2) is 0 Å². The lowest BCUT2D eigenvalue weighted by Crippen LogP contribution is -2.55. The van der Waals surface area contributed by atoms with Crippen LogP contribution in [0.2, 0.25) is 0 Å². The number of hydrogen-bond acceptors (Lipinski definition) is 7. The Morgan fingerprint density at radius 3 is 1.21 bits per heavy atom. The molecular formula is C13H14N4O7. The van der Waals surface area contributed by atoms with Gasteiger partial charge >= 0.3 is 12.1 Å². The SMILES string of the molecule is O=C(CCC1C(=O)NC(=O)NC1=O)CCC1C(=O)NC(=O)NC1=O.